The summed E-state index contributed by atoms with van der Waals surface area (Å²) in [4.78, 5) is 4.08. The van der Waals surface area contributed by atoms with Gasteiger partial charge in [-0.3, -0.25) is 4.98 Å². The average molecular weight is 206 g/mol. The smallest absolute Gasteiger partial charge is 0.0475 e. The Hall–Kier alpha value is -0.930. The van der Waals surface area contributed by atoms with Crippen molar-refractivity contribution in [3.8, 4) is 0 Å². The second-order valence-electron chi connectivity index (χ2n) is 4.16. The molecule has 2 heterocycles. The van der Waals surface area contributed by atoms with Gasteiger partial charge in [0.25, 0.3) is 0 Å². The van der Waals surface area contributed by atoms with E-state index in [0.717, 1.165) is 32.6 Å². The third-order valence-corrected chi connectivity index (χ3v) is 3.26. The summed E-state index contributed by atoms with van der Waals surface area (Å²) in [6, 6.07) is 4.26. The summed E-state index contributed by atoms with van der Waals surface area (Å²) in [6.07, 6.45) is 5.94. The van der Waals surface area contributed by atoms with E-state index in [-0.39, 0.29) is 5.41 Å². The molecule has 1 aliphatic rings. The maximum Gasteiger partial charge on any atom is 0.0475 e. The molecule has 0 radical (unpaired) electrons. The van der Waals surface area contributed by atoms with Crippen molar-refractivity contribution in [3.63, 3.8) is 0 Å². The summed E-state index contributed by atoms with van der Waals surface area (Å²) in [5.41, 5.74) is 1.63. The van der Waals surface area contributed by atoms with E-state index in [2.05, 4.69) is 22.4 Å². The number of hydrogen-bond donors (Lipinski definition) is 1. The first-order valence-electron chi connectivity index (χ1n) is 5.50. The highest BCUT2D eigenvalue weighted by Crippen LogP contribution is 2.33. The maximum atomic E-state index is 5.45. The Morgan fingerprint density at radius 2 is 2.00 bits per heavy atom. The fourth-order valence-electron chi connectivity index (χ4n) is 2.37. The van der Waals surface area contributed by atoms with Crippen LogP contribution in [0.1, 0.15) is 18.4 Å². The third-order valence-electron chi connectivity index (χ3n) is 3.26. The van der Waals surface area contributed by atoms with Crippen molar-refractivity contribution >= 4 is 0 Å². The van der Waals surface area contributed by atoms with Crippen LogP contribution in [0.2, 0.25) is 0 Å². The van der Waals surface area contributed by atoms with Crippen LogP contribution in [-0.4, -0.2) is 31.8 Å². The van der Waals surface area contributed by atoms with Gasteiger partial charge in [-0.25, -0.2) is 0 Å². The molecule has 82 valence electrons. The van der Waals surface area contributed by atoms with Crippen molar-refractivity contribution in [1.29, 1.82) is 0 Å². The molecule has 0 atom stereocenters. The zero-order chi connectivity index (χ0) is 10.6. The SMILES string of the molecule is CNCC1(c2ccncc2)CCOCC1. The molecule has 1 fully saturated rings. The minimum atomic E-state index is 0.246. The van der Waals surface area contributed by atoms with Gasteiger partial charge < -0.3 is 10.1 Å². The average Bonchev–Trinajstić information content (AvgIpc) is 2.32. The van der Waals surface area contributed by atoms with Crippen LogP contribution in [0.5, 0.6) is 0 Å². The molecule has 1 saturated heterocycles. The normalized spacial score (nSPS) is 20.1. The molecule has 1 aromatic rings. The number of nitrogens with zero attached hydrogens (tertiary/aromatic N) is 1. The minimum Gasteiger partial charge on any atom is -0.381 e. The molecule has 3 heteroatoms. The summed E-state index contributed by atoms with van der Waals surface area (Å²) >= 11 is 0. The monoisotopic (exact) mass is 206 g/mol. The molecule has 15 heavy (non-hydrogen) atoms. The van der Waals surface area contributed by atoms with E-state index in [0.29, 0.717) is 0 Å². The minimum absolute atomic E-state index is 0.246. The Kier molecular flexibility index (Phi) is 3.34. The first-order valence-corrected chi connectivity index (χ1v) is 5.50. The van der Waals surface area contributed by atoms with Crippen LogP contribution in [0.15, 0.2) is 24.5 Å². The molecule has 0 amide bonds. The molecular weight excluding hydrogens is 188 g/mol. The predicted octanol–water partition coefficient (Wildman–Crippen LogP) is 1.35. The summed E-state index contributed by atoms with van der Waals surface area (Å²) < 4.78 is 5.45. The van der Waals surface area contributed by atoms with Gasteiger partial charge in [-0.1, -0.05) is 0 Å². The molecule has 0 saturated carbocycles. The van der Waals surface area contributed by atoms with Crippen molar-refractivity contribution in [2.24, 2.45) is 0 Å². The zero-order valence-corrected chi connectivity index (χ0v) is 9.20. The number of nitrogens with one attached hydrogen (secondary N) is 1. The second kappa shape index (κ2) is 4.73. The van der Waals surface area contributed by atoms with Crippen molar-refractivity contribution in [3.05, 3.63) is 30.1 Å². The van der Waals surface area contributed by atoms with Gasteiger partial charge >= 0.3 is 0 Å². The number of ether oxygens (including phenoxy) is 1. The van der Waals surface area contributed by atoms with Gasteiger partial charge in [0, 0.05) is 37.6 Å². The summed E-state index contributed by atoms with van der Waals surface area (Å²) in [5, 5.41) is 3.30. The van der Waals surface area contributed by atoms with E-state index in [1.165, 1.54) is 5.56 Å². The van der Waals surface area contributed by atoms with Crippen molar-refractivity contribution < 1.29 is 4.74 Å². The Balaban J connectivity index is 2.25. The standard InChI is InChI=1S/C12H18N2O/c1-13-10-12(4-8-15-9-5-12)11-2-6-14-7-3-11/h2-3,6-7,13H,4-5,8-10H2,1H3. The molecule has 0 aliphatic carbocycles. The van der Waals surface area contributed by atoms with Crippen molar-refractivity contribution in [2.75, 3.05) is 26.8 Å². The Labute approximate surface area is 90.9 Å². The van der Waals surface area contributed by atoms with E-state index in [9.17, 15) is 0 Å². The van der Waals surface area contributed by atoms with Crippen molar-refractivity contribution in [1.82, 2.24) is 10.3 Å². The lowest BCUT2D eigenvalue weighted by atomic mass is 9.74. The fourth-order valence-corrected chi connectivity index (χ4v) is 2.37. The van der Waals surface area contributed by atoms with E-state index >= 15 is 0 Å². The van der Waals surface area contributed by atoms with Crippen LogP contribution in [0, 0.1) is 0 Å². The number of pyridine rings is 1. The molecule has 1 N–H and O–H groups in total. The van der Waals surface area contributed by atoms with Crippen LogP contribution in [0.3, 0.4) is 0 Å². The van der Waals surface area contributed by atoms with Crippen LogP contribution < -0.4 is 5.32 Å². The molecule has 1 aromatic heterocycles. The summed E-state index contributed by atoms with van der Waals surface area (Å²) in [6.45, 7) is 2.74. The van der Waals surface area contributed by atoms with Crippen LogP contribution >= 0.6 is 0 Å². The lowest BCUT2D eigenvalue weighted by molar-refractivity contribution is 0.0505. The van der Waals surface area contributed by atoms with E-state index < -0.39 is 0 Å². The summed E-state index contributed by atoms with van der Waals surface area (Å²) in [5.74, 6) is 0. The van der Waals surface area contributed by atoms with Crippen LogP contribution in [0.25, 0.3) is 0 Å². The molecule has 0 aromatic carbocycles. The second-order valence-corrected chi connectivity index (χ2v) is 4.16. The number of hydrogen-bond acceptors (Lipinski definition) is 3. The summed E-state index contributed by atoms with van der Waals surface area (Å²) in [7, 11) is 2.01. The van der Waals surface area contributed by atoms with Gasteiger partial charge in [0.2, 0.25) is 0 Å². The lowest BCUT2D eigenvalue weighted by Gasteiger charge is -2.37. The highest BCUT2D eigenvalue weighted by Gasteiger charge is 2.33. The quantitative estimate of drug-likeness (QED) is 0.810. The van der Waals surface area contributed by atoms with Gasteiger partial charge in [0.05, 0.1) is 0 Å². The van der Waals surface area contributed by atoms with Gasteiger partial charge in [0.1, 0.15) is 0 Å². The van der Waals surface area contributed by atoms with Crippen LogP contribution in [0.4, 0.5) is 0 Å². The van der Waals surface area contributed by atoms with E-state index in [4.69, 9.17) is 4.74 Å². The molecule has 2 rings (SSSR count). The maximum absolute atomic E-state index is 5.45. The van der Waals surface area contributed by atoms with Gasteiger partial charge in [-0.05, 0) is 37.6 Å². The predicted molar refractivity (Wildman–Crippen MR) is 59.9 cm³/mol. The van der Waals surface area contributed by atoms with Gasteiger partial charge in [-0.2, -0.15) is 0 Å². The van der Waals surface area contributed by atoms with Crippen molar-refractivity contribution in [2.45, 2.75) is 18.3 Å². The topological polar surface area (TPSA) is 34.2 Å². The lowest BCUT2D eigenvalue weighted by Crippen LogP contribution is -2.41. The van der Waals surface area contributed by atoms with Gasteiger partial charge in [-0.15, -0.1) is 0 Å². The first-order chi connectivity index (χ1) is 7.37. The molecule has 0 spiro atoms. The number of rotatable bonds is 3. The molecule has 0 bridgehead atoms. The molecular formula is C12H18N2O. The zero-order valence-electron chi connectivity index (χ0n) is 9.20. The number of likely N-dealkylation sites (N-methyl/N-ethyl adjacent to an activating group) is 1. The van der Waals surface area contributed by atoms with E-state index in [1.807, 2.05) is 19.4 Å². The largest absolute Gasteiger partial charge is 0.381 e. The first kappa shape index (κ1) is 10.6. The molecule has 0 unspecified atom stereocenters. The fraction of sp³-hybridized carbons (Fsp3) is 0.583. The Morgan fingerprint density at radius 3 is 2.60 bits per heavy atom. The molecule has 1 aliphatic heterocycles. The highest BCUT2D eigenvalue weighted by molar-refractivity contribution is 5.24. The third kappa shape index (κ3) is 2.19. The van der Waals surface area contributed by atoms with E-state index in [1.54, 1.807) is 0 Å². The van der Waals surface area contributed by atoms with Crippen LogP contribution in [-0.2, 0) is 10.2 Å². The van der Waals surface area contributed by atoms with Gasteiger partial charge in [0.15, 0.2) is 0 Å². The Morgan fingerprint density at radius 1 is 1.33 bits per heavy atom. The number of aromatic nitrogens is 1. The Bertz CT molecular complexity index is 288. The highest BCUT2D eigenvalue weighted by atomic mass is 16.5. The molecule has 3 nitrogen and oxygen atoms in total.